The van der Waals surface area contributed by atoms with Crippen LogP contribution >= 0.6 is 11.6 Å². The third-order valence-electron chi connectivity index (χ3n) is 3.40. The van der Waals surface area contributed by atoms with Crippen molar-refractivity contribution in [2.75, 3.05) is 0 Å². The topological polar surface area (TPSA) is 26.0 Å². The molecule has 2 rings (SSSR count). The van der Waals surface area contributed by atoms with E-state index >= 15 is 0 Å². The molecule has 1 nitrogen and oxygen atoms in total. The Labute approximate surface area is 118 Å². The molecule has 0 saturated heterocycles. The monoisotopic (exact) mass is 277 g/mol. The normalized spacial score (nSPS) is 12.5. The van der Waals surface area contributed by atoms with Crippen molar-refractivity contribution in [3.63, 3.8) is 0 Å². The minimum Gasteiger partial charge on any atom is -0.324 e. The Morgan fingerprint density at radius 1 is 1.16 bits per heavy atom. The number of benzene rings is 2. The van der Waals surface area contributed by atoms with Gasteiger partial charge in [-0.15, -0.1) is 0 Å². The van der Waals surface area contributed by atoms with Gasteiger partial charge in [0.25, 0.3) is 0 Å². The first-order valence-corrected chi connectivity index (χ1v) is 6.62. The predicted molar refractivity (Wildman–Crippen MR) is 78.0 cm³/mol. The molecule has 0 bridgehead atoms. The van der Waals surface area contributed by atoms with Crippen molar-refractivity contribution < 1.29 is 4.39 Å². The van der Waals surface area contributed by atoms with Gasteiger partial charge in [-0.3, -0.25) is 0 Å². The highest BCUT2D eigenvalue weighted by atomic mass is 35.5. The van der Waals surface area contributed by atoms with Crippen LogP contribution in [0, 0.1) is 19.7 Å². The zero-order chi connectivity index (χ0) is 14.0. The lowest BCUT2D eigenvalue weighted by atomic mass is 9.97. The smallest absolute Gasteiger partial charge is 0.129 e. The number of hydrogen-bond donors (Lipinski definition) is 1. The summed E-state index contributed by atoms with van der Waals surface area (Å²) in [6, 6.07) is 10.4. The van der Waals surface area contributed by atoms with Crippen LogP contribution in [0.1, 0.15) is 28.3 Å². The molecule has 0 aliphatic rings. The van der Waals surface area contributed by atoms with E-state index in [4.69, 9.17) is 17.3 Å². The molecule has 0 amide bonds. The first kappa shape index (κ1) is 14.0. The second kappa shape index (κ2) is 5.72. The van der Waals surface area contributed by atoms with Crippen LogP contribution < -0.4 is 5.73 Å². The maximum absolute atomic E-state index is 13.8. The standard InChI is InChI=1S/C16H17ClFN/c1-10-6-7-12(8-11(10)2)9-15(19)16-13(17)4-3-5-14(16)18/h3-8,15H,9,19H2,1-2H3. The lowest BCUT2D eigenvalue weighted by Gasteiger charge is -2.15. The Morgan fingerprint density at radius 3 is 2.53 bits per heavy atom. The van der Waals surface area contributed by atoms with Crippen LogP contribution in [0.5, 0.6) is 0 Å². The summed E-state index contributed by atoms with van der Waals surface area (Å²) in [5.74, 6) is -0.344. The predicted octanol–water partition coefficient (Wildman–Crippen LogP) is 4.34. The van der Waals surface area contributed by atoms with E-state index in [0.717, 1.165) is 5.56 Å². The summed E-state index contributed by atoms with van der Waals surface area (Å²) in [5, 5.41) is 0.385. The van der Waals surface area contributed by atoms with Crippen molar-refractivity contribution in [3.8, 4) is 0 Å². The van der Waals surface area contributed by atoms with E-state index in [1.807, 2.05) is 6.07 Å². The molecular weight excluding hydrogens is 261 g/mol. The number of halogens is 2. The van der Waals surface area contributed by atoms with Crippen molar-refractivity contribution in [3.05, 3.63) is 69.5 Å². The molecule has 0 spiro atoms. The highest BCUT2D eigenvalue weighted by Crippen LogP contribution is 2.27. The number of aryl methyl sites for hydroxylation is 2. The summed E-state index contributed by atoms with van der Waals surface area (Å²) in [4.78, 5) is 0. The zero-order valence-corrected chi connectivity index (χ0v) is 11.8. The van der Waals surface area contributed by atoms with E-state index in [9.17, 15) is 4.39 Å². The molecule has 0 radical (unpaired) electrons. The average molecular weight is 278 g/mol. The summed E-state index contributed by atoms with van der Waals surface area (Å²) in [5.41, 5.74) is 10.0. The average Bonchev–Trinajstić information content (AvgIpc) is 2.33. The van der Waals surface area contributed by atoms with Crippen molar-refractivity contribution >= 4 is 11.6 Å². The second-order valence-electron chi connectivity index (χ2n) is 4.86. The highest BCUT2D eigenvalue weighted by molar-refractivity contribution is 6.31. The lowest BCUT2D eigenvalue weighted by molar-refractivity contribution is 0.580. The van der Waals surface area contributed by atoms with Crippen molar-refractivity contribution in [2.45, 2.75) is 26.3 Å². The molecule has 2 aromatic rings. The first-order valence-electron chi connectivity index (χ1n) is 6.24. The van der Waals surface area contributed by atoms with E-state index in [1.54, 1.807) is 12.1 Å². The Balaban J connectivity index is 2.25. The molecule has 0 heterocycles. The van der Waals surface area contributed by atoms with Gasteiger partial charge in [0.15, 0.2) is 0 Å². The lowest BCUT2D eigenvalue weighted by Crippen LogP contribution is -2.15. The third-order valence-corrected chi connectivity index (χ3v) is 3.73. The van der Waals surface area contributed by atoms with E-state index in [1.165, 1.54) is 17.2 Å². The van der Waals surface area contributed by atoms with E-state index in [-0.39, 0.29) is 5.82 Å². The minimum atomic E-state index is -0.434. The molecule has 2 N–H and O–H groups in total. The quantitative estimate of drug-likeness (QED) is 0.887. The fraction of sp³-hybridized carbons (Fsp3) is 0.250. The number of rotatable bonds is 3. The Kier molecular flexibility index (Phi) is 4.23. The summed E-state index contributed by atoms with van der Waals surface area (Å²) in [6.45, 7) is 4.12. The van der Waals surface area contributed by atoms with Gasteiger partial charge < -0.3 is 5.73 Å². The first-order chi connectivity index (χ1) is 8.99. The van der Waals surface area contributed by atoms with Crippen LogP contribution in [-0.2, 0) is 6.42 Å². The highest BCUT2D eigenvalue weighted by Gasteiger charge is 2.15. The molecule has 1 atom stereocenters. The maximum Gasteiger partial charge on any atom is 0.129 e. The minimum absolute atomic E-state index is 0.344. The van der Waals surface area contributed by atoms with E-state index < -0.39 is 6.04 Å². The van der Waals surface area contributed by atoms with Gasteiger partial charge in [-0.25, -0.2) is 4.39 Å². The van der Waals surface area contributed by atoms with Gasteiger partial charge in [0.05, 0.1) is 0 Å². The molecule has 100 valence electrons. The van der Waals surface area contributed by atoms with Gasteiger partial charge in [0, 0.05) is 16.6 Å². The van der Waals surface area contributed by atoms with Crippen molar-refractivity contribution in [1.82, 2.24) is 0 Å². The Hall–Kier alpha value is -1.38. The summed E-state index contributed by atoms with van der Waals surface area (Å²) >= 11 is 6.03. The molecule has 0 saturated carbocycles. The van der Waals surface area contributed by atoms with E-state index in [2.05, 4.69) is 26.0 Å². The van der Waals surface area contributed by atoms with E-state index in [0.29, 0.717) is 17.0 Å². The van der Waals surface area contributed by atoms with Crippen LogP contribution in [0.2, 0.25) is 5.02 Å². The summed E-state index contributed by atoms with van der Waals surface area (Å²) < 4.78 is 13.8. The fourth-order valence-electron chi connectivity index (χ4n) is 2.15. The molecule has 1 unspecified atom stereocenters. The zero-order valence-electron chi connectivity index (χ0n) is 11.1. The van der Waals surface area contributed by atoms with Crippen LogP contribution in [0.3, 0.4) is 0 Å². The maximum atomic E-state index is 13.8. The molecule has 19 heavy (non-hydrogen) atoms. The number of nitrogens with two attached hydrogens (primary N) is 1. The van der Waals surface area contributed by atoms with Crippen molar-refractivity contribution in [2.24, 2.45) is 5.73 Å². The van der Waals surface area contributed by atoms with Crippen molar-refractivity contribution in [1.29, 1.82) is 0 Å². The van der Waals surface area contributed by atoms with Crippen LogP contribution in [-0.4, -0.2) is 0 Å². The van der Waals surface area contributed by atoms with Crippen LogP contribution in [0.15, 0.2) is 36.4 Å². The molecular formula is C16H17ClFN. The Bertz CT molecular complexity index is 575. The van der Waals surface area contributed by atoms with Crippen LogP contribution in [0.25, 0.3) is 0 Å². The van der Waals surface area contributed by atoms with Gasteiger partial charge >= 0.3 is 0 Å². The molecule has 0 fully saturated rings. The summed E-state index contributed by atoms with van der Waals surface area (Å²) in [7, 11) is 0. The van der Waals surface area contributed by atoms with Gasteiger partial charge in [-0.05, 0) is 49.1 Å². The summed E-state index contributed by atoms with van der Waals surface area (Å²) in [6.07, 6.45) is 0.571. The fourth-order valence-corrected chi connectivity index (χ4v) is 2.45. The van der Waals surface area contributed by atoms with Gasteiger partial charge in [0.2, 0.25) is 0 Å². The largest absolute Gasteiger partial charge is 0.324 e. The third kappa shape index (κ3) is 3.14. The molecule has 0 aromatic heterocycles. The second-order valence-corrected chi connectivity index (χ2v) is 5.27. The SMILES string of the molecule is Cc1ccc(CC(N)c2c(F)cccc2Cl)cc1C. The van der Waals surface area contributed by atoms with Gasteiger partial charge in [0.1, 0.15) is 5.82 Å². The molecule has 0 aliphatic heterocycles. The molecule has 2 aromatic carbocycles. The van der Waals surface area contributed by atoms with Gasteiger partial charge in [-0.1, -0.05) is 35.9 Å². The molecule has 3 heteroatoms. The number of hydrogen-bond acceptors (Lipinski definition) is 1. The van der Waals surface area contributed by atoms with Gasteiger partial charge in [-0.2, -0.15) is 0 Å². The molecule has 0 aliphatic carbocycles. The van der Waals surface area contributed by atoms with Crippen LogP contribution in [0.4, 0.5) is 4.39 Å². The Morgan fingerprint density at radius 2 is 1.89 bits per heavy atom.